The topological polar surface area (TPSA) is 32.3 Å². The summed E-state index contributed by atoms with van der Waals surface area (Å²) in [6.07, 6.45) is 3.73. The Kier molecular flexibility index (Phi) is 6.17. The van der Waals surface area contributed by atoms with Crippen molar-refractivity contribution in [1.82, 2.24) is 10.2 Å². The van der Waals surface area contributed by atoms with Gasteiger partial charge in [-0.05, 0) is 71.1 Å². The van der Waals surface area contributed by atoms with E-state index in [1.54, 1.807) is 0 Å². The largest absolute Gasteiger partial charge is 0.354 e. The molecule has 1 N–H and O–H groups in total. The highest BCUT2D eigenvalue weighted by Gasteiger charge is 2.23. The van der Waals surface area contributed by atoms with E-state index in [0.29, 0.717) is 13.0 Å². The predicted molar refractivity (Wildman–Crippen MR) is 133 cm³/mol. The molecule has 0 aliphatic carbocycles. The van der Waals surface area contributed by atoms with Crippen molar-refractivity contribution in [2.45, 2.75) is 31.7 Å². The van der Waals surface area contributed by atoms with Crippen LogP contribution in [0.4, 0.5) is 0 Å². The van der Waals surface area contributed by atoms with Crippen LogP contribution in [0.25, 0.3) is 21.5 Å². The zero-order valence-corrected chi connectivity index (χ0v) is 18.5. The lowest BCUT2D eigenvalue weighted by atomic mass is 9.94. The number of hydrogen-bond donors (Lipinski definition) is 1. The highest BCUT2D eigenvalue weighted by atomic mass is 16.1. The smallest absolute Gasteiger partial charge is 0.220 e. The van der Waals surface area contributed by atoms with Gasteiger partial charge in [0.15, 0.2) is 0 Å². The first-order chi connectivity index (χ1) is 15.8. The molecular formula is C29H30N2O. The zero-order valence-electron chi connectivity index (χ0n) is 18.5. The van der Waals surface area contributed by atoms with Crippen LogP contribution in [0, 0.1) is 0 Å². The third-order valence-electron chi connectivity index (χ3n) is 6.74. The van der Waals surface area contributed by atoms with Gasteiger partial charge in [-0.25, -0.2) is 0 Å². The second-order valence-corrected chi connectivity index (χ2v) is 8.77. The van der Waals surface area contributed by atoms with Gasteiger partial charge < -0.3 is 5.32 Å². The number of rotatable bonds is 7. The quantitative estimate of drug-likeness (QED) is 0.377. The summed E-state index contributed by atoms with van der Waals surface area (Å²) in [7, 11) is 0. The Labute approximate surface area is 190 Å². The van der Waals surface area contributed by atoms with Crippen LogP contribution in [0.5, 0.6) is 0 Å². The summed E-state index contributed by atoms with van der Waals surface area (Å²) in [5.41, 5.74) is 2.56. The minimum atomic E-state index is 0.127. The molecule has 1 saturated heterocycles. The fourth-order valence-electron chi connectivity index (χ4n) is 5.10. The number of likely N-dealkylation sites (tertiary alicyclic amines) is 1. The van der Waals surface area contributed by atoms with Gasteiger partial charge in [0.2, 0.25) is 5.91 Å². The van der Waals surface area contributed by atoms with E-state index < -0.39 is 0 Å². The molecule has 1 fully saturated rings. The second-order valence-electron chi connectivity index (χ2n) is 8.77. The number of aryl methyl sites for hydroxylation is 1. The van der Waals surface area contributed by atoms with Crippen LogP contribution in [0.2, 0.25) is 0 Å². The zero-order chi connectivity index (χ0) is 21.8. The van der Waals surface area contributed by atoms with Crippen molar-refractivity contribution in [2.24, 2.45) is 0 Å². The van der Waals surface area contributed by atoms with Crippen LogP contribution in [-0.4, -0.2) is 30.4 Å². The Bertz CT molecular complexity index is 1160. The third-order valence-corrected chi connectivity index (χ3v) is 6.74. The van der Waals surface area contributed by atoms with E-state index in [1.165, 1.54) is 45.5 Å². The van der Waals surface area contributed by atoms with Gasteiger partial charge in [-0.3, -0.25) is 9.69 Å². The van der Waals surface area contributed by atoms with Gasteiger partial charge in [-0.2, -0.15) is 0 Å². The highest BCUT2D eigenvalue weighted by molar-refractivity contribution is 6.02. The van der Waals surface area contributed by atoms with Crippen molar-refractivity contribution in [3.63, 3.8) is 0 Å². The van der Waals surface area contributed by atoms with Gasteiger partial charge >= 0.3 is 0 Å². The summed E-state index contributed by atoms with van der Waals surface area (Å²) < 4.78 is 0. The Hall–Kier alpha value is -3.17. The summed E-state index contributed by atoms with van der Waals surface area (Å²) in [5.74, 6) is 0.127. The molecule has 3 heteroatoms. The van der Waals surface area contributed by atoms with E-state index >= 15 is 0 Å². The molecule has 0 radical (unpaired) electrons. The predicted octanol–water partition coefficient (Wildman–Crippen LogP) is 5.88. The fourth-order valence-corrected chi connectivity index (χ4v) is 5.10. The summed E-state index contributed by atoms with van der Waals surface area (Å²) in [5, 5.41) is 8.21. The molecular weight excluding hydrogens is 392 g/mol. The van der Waals surface area contributed by atoms with Crippen LogP contribution < -0.4 is 5.32 Å². The molecule has 1 amide bonds. The lowest BCUT2D eigenvalue weighted by Crippen LogP contribution is -2.36. The molecule has 4 aromatic carbocycles. The molecule has 1 aliphatic rings. The first-order valence-electron chi connectivity index (χ1n) is 11.7. The molecule has 4 aromatic rings. The van der Waals surface area contributed by atoms with Crippen LogP contribution in [0.3, 0.4) is 0 Å². The molecule has 32 heavy (non-hydrogen) atoms. The monoisotopic (exact) mass is 422 g/mol. The Morgan fingerprint density at radius 3 is 2.06 bits per heavy atom. The molecule has 0 bridgehead atoms. The number of nitrogens with zero attached hydrogens (tertiary/aromatic N) is 1. The lowest BCUT2D eigenvalue weighted by molar-refractivity contribution is -0.121. The third kappa shape index (κ3) is 4.39. The van der Waals surface area contributed by atoms with Gasteiger partial charge in [-0.1, -0.05) is 78.9 Å². The Balaban J connectivity index is 1.31. The summed E-state index contributed by atoms with van der Waals surface area (Å²) in [4.78, 5) is 15.4. The van der Waals surface area contributed by atoms with Crippen LogP contribution in [-0.2, 0) is 11.2 Å². The SMILES string of the molecule is O=C(CCc1c2ccccc2cc2ccccc12)NCC(c1ccccc1)N1CCCC1. The normalized spacial score (nSPS) is 15.2. The molecule has 5 rings (SSSR count). The van der Waals surface area contributed by atoms with Crippen LogP contribution in [0.15, 0.2) is 84.9 Å². The average molecular weight is 423 g/mol. The Morgan fingerprint density at radius 2 is 1.41 bits per heavy atom. The van der Waals surface area contributed by atoms with E-state index in [9.17, 15) is 4.79 Å². The maximum atomic E-state index is 12.9. The lowest BCUT2D eigenvalue weighted by Gasteiger charge is -2.28. The first kappa shape index (κ1) is 20.7. The molecule has 162 valence electrons. The average Bonchev–Trinajstić information content (AvgIpc) is 3.37. The van der Waals surface area contributed by atoms with Gasteiger partial charge in [0.25, 0.3) is 0 Å². The van der Waals surface area contributed by atoms with Crippen molar-refractivity contribution in [2.75, 3.05) is 19.6 Å². The van der Waals surface area contributed by atoms with Crippen LogP contribution >= 0.6 is 0 Å². The van der Waals surface area contributed by atoms with E-state index in [-0.39, 0.29) is 11.9 Å². The molecule has 3 nitrogen and oxygen atoms in total. The molecule has 0 saturated carbocycles. The number of benzene rings is 4. The minimum absolute atomic E-state index is 0.127. The van der Waals surface area contributed by atoms with Gasteiger partial charge in [0, 0.05) is 13.0 Å². The van der Waals surface area contributed by atoms with Crippen molar-refractivity contribution in [3.05, 3.63) is 96.1 Å². The summed E-state index contributed by atoms with van der Waals surface area (Å²) in [6, 6.07) is 30.1. The van der Waals surface area contributed by atoms with Crippen molar-refractivity contribution in [3.8, 4) is 0 Å². The maximum absolute atomic E-state index is 12.9. The van der Waals surface area contributed by atoms with E-state index in [4.69, 9.17) is 0 Å². The number of nitrogens with one attached hydrogen (secondary N) is 1. The Morgan fingerprint density at radius 1 is 0.812 bits per heavy atom. The van der Waals surface area contributed by atoms with E-state index in [0.717, 1.165) is 19.5 Å². The van der Waals surface area contributed by atoms with Crippen molar-refractivity contribution in [1.29, 1.82) is 0 Å². The highest BCUT2D eigenvalue weighted by Crippen LogP contribution is 2.29. The summed E-state index contributed by atoms with van der Waals surface area (Å²) in [6.45, 7) is 2.88. The fraction of sp³-hybridized carbons (Fsp3) is 0.276. The van der Waals surface area contributed by atoms with Gasteiger partial charge in [-0.15, -0.1) is 0 Å². The summed E-state index contributed by atoms with van der Waals surface area (Å²) >= 11 is 0. The number of carbonyl (C=O) groups excluding carboxylic acids is 1. The minimum Gasteiger partial charge on any atom is -0.354 e. The first-order valence-corrected chi connectivity index (χ1v) is 11.7. The molecule has 1 heterocycles. The molecule has 1 aliphatic heterocycles. The van der Waals surface area contributed by atoms with Crippen molar-refractivity contribution >= 4 is 27.5 Å². The van der Waals surface area contributed by atoms with Gasteiger partial charge in [0.1, 0.15) is 0 Å². The standard InChI is InChI=1S/C29H30N2O/c32-29(30-21-28(31-18-8-9-19-31)22-10-2-1-3-11-22)17-16-27-25-14-6-4-12-23(25)20-24-13-5-7-15-26(24)27/h1-7,10-15,20,28H,8-9,16-19,21H2,(H,30,32). The second kappa shape index (κ2) is 9.54. The number of carbonyl (C=O) groups is 1. The van der Waals surface area contributed by atoms with Crippen LogP contribution in [0.1, 0.15) is 36.4 Å². The van der Waals surface area contributed by atoms with Gasteiger partial charge in [0.05, 0.1) is 6.04 Å². The van der Waals surface area contributed by atoms with E-state index in [2.05, 4.69) is 95.1 Å². The molecule has 0 aromatic heterocycles. The van der Waals surface area contributed by atoms with E-state index in [1.807, 2.05) is 0 Å². The molecule has 1 unspecified atom stereocenters. The number of amides is 1. The maximum Gasteiger partial charge on any atom is 0.220 e. The number of fused-ring (bicyclic) bond motifs is 2. The molecule has 1 atom stereocenters. The molecule has 0 spiro atoms. The number of hydrogen-bond acceptors (Lipinski definition) is 2. The van der Waals surface area contributed by atoms with Crippen molar-refractivity contribution < 1.29 is 4.79 Å².